The number of amides is 1. The van der Waals surface area contributed by atoms with Gasteiger partial charge in [-0.1, -0.05) is 0 Å². The second-order valence-electron chi connectivity index (χ2n) is 6.72. The summed E-state index contributed by atoms with van der Waals surface area (Å²) < 4.78 is 22.2. The van der Waals surface area contributed by atoms with Crippen LogP contribution in [0.15, 0.2) is 17.1 Å². The van der Waals surface area contributed by atoms with Gasteiger partial charge in [0.25, 0.3) is 0 Å². The molecule has 0 unspecified atom stereocenters. The molecule has 142 valence electrons. The maximum absolute atomic E-state index is 15.0. The number of anilines is 1. The minimum Gasteiger partial charge on any atom is -0.492 e. The van der Waals surface area contributed by atoms with E-state index in [2.05, 4.69) is 5.32 Å². The number of carbonyl (C=O) groups is 2. The number of piperazine rings is 1. The summed E-state index contributed by atoms with van der Waals surface area (Å²) in [5.74, 6) is -2.17. The van der Waals surface area contributed by atoms with Crippen LogP contribution in [0.1, 0.15) is 29.2 Å². The third-order valence-corrected chi connectivity index (χ3v) is 4.93. The number of aromatic nitrogens is 1. The third-order valence-electron chi connectivity index (χ3n) is 4.93. The highest BCUT2D eigenvalue weighted by atomic mass is 19.1. The van der Waals surface area contributed by atoms with Crippen LogP contribution in [-0.4, -0.2) is 48.3 Å². The van der Waals surface area contributed by atoms with Crippen LogP contribution in [0.2, 0.25) is 0 Å². The zero-order chi connectivity index (χ0) is 19.3. The van der Waals surface area contributed by atoms with Crippen LogP contribution in [0.5, 0.6) is 5.75 Å². The van der Waals surface area contributed by atoms with Crippen LogP contribution >= 0.6 is 0 Å². The van der Waals surface area contributed by atoms with Gasteiger partial charge in [-0.2, -0.15) is 0 Å². The zero-order valence-corrected chi connectivity index (χ0v) is 14.6. The lowest BCUT2D eigenvalue weighted by Gasteiger charge is -2.31. The van der Waals surface area contributed by atoms with Gasteiger partial charge < -0.3 is 24.6 Å². The smallest absolute Gasteiger partial charge is 0.341 e. The number of fused-ring (bicyclic) bond motifs is 1. The van der Waals surface area contributed by atoms with Gasteiger partial charge in [-0.3, -0.25) is 9.59 Å². The lowest BCUT2D eigenvalue weighted by Crippen LogP contribution is -2.48. The summed E-state index contributed by atoms with van der Waals surface area (Å²) in [5, 5.41) is 12.0. The Kier molecular flexibility index (Phi) is 4.01. The third kappa shape index (κ3) is 2.79. The van der Waals surface area contributed by atoms with Gasteiger partial charge in [0.15, 0.2) is 11.6 Å². The fraction of sp³-hybridized carbons (Fsp3) is 0.389. The molecule has 1 aromatic heterocycles. The van der Waals surface area contributed by atoms with Gasteiger partial charge in [0.2, 0.25) is 11.3 Å². The average molecular weight is 375 g/mol. The maximum atomic E-state index is 15.0. The summed E-state index contributed by atoms with van der Waals surface area (Å²) in [7, 11) is 1.37. The molecule has 2 aliphatic rings. The maximum Gasteiger partial charge on any atom is 0.341 e. The largest absolute Gasteiger partial charge is 0.492 e. The van der Waals surface area contributed by atoms with Gasteiger partial charge in [0, 0.05) is 25.3 Å². The quantitative estimate of drug-likeness (QED) is 0.831. The molecule has 1 saturated heterocycles. The second-order valence-corrected chi connectivity index (χ2v) is 6.72. The first-order chi connectivity index (χ1) is 12.9. The van der Waals surface area contributed by atoms with Crippen LogP contribution in [0.4, 0.5) is 10.1 Å². The molecule has 1 amide bonds. The molecule has 4 rings (SSSR count). The van der Waals surface area contributed by atoms with Crippen molar-refractivity contribution in [2.24, 2.45) is 0 Å². The number of nitrogens with one attached hydrogen (secondary N) is 1. The van der Waals surface area contributed by atoms with E-state index in [-0.39, 0.29) is 35.3 Å². The zero-order valence-electron chi connectivity index (χ0n) is 14.6. The number of hydrogen-bond donors (Lipinski definition) is 2. The summed E-state index contributed by atoms with van der Waals surface area (Å²) in [6.45, 7) is 0.734. The van der Waals surface area contributed by atoms with Crippen molar-refractivity contribution in [3.8, 4) is 5.75 Å². The molecular formula is C18H18FN3O5. The first kappa shape index (κ1) is 17.3. The molecule has 2 fully saturated rings. The Labute approximate surface area is 153 Å². The van der Waals surface area contributed by atoms with Gasteiger partial charge in [0.1, 0.15) is 11.3 Å². The van der Waals surface area contributed by atoms with E-state index in [1.165, 1.54) is 13.3 Å². The SMILES string of the molecule is COc1c(N2CCNC(=O)C2)c(F)cc2c(=O)c(C(=O)O)cn(C3CC3)c12. The molecule has 1 aliphatic carbocycles. The molecule has 2 N–H and O–H groups in total. The first-order valence-electron chi connectivity index (χ1n) is 8.62. The fourth-order valence-electron chi connectivity index (χ4n) is 3.55. The number of halogens is 1. The normalized spacial score (nSPS) is 17.1. The lowest BCUT2D eigenvalue weighted by atomic mass is 10.1. The highest BCUT2D eigenvalue weighted by Crippen LogP contribution is 2.43. The second kappa shape index (κ2) is 6.26. The Hall–Kier alpha value is -3.10. The number of nitrogens with zero attached hydrogens (tertiary/aromatic N) is 2. The number of methoxy groups -OCH3 is 1. The molecular weight excluding hydrogens is 357 g/mol. The van der Waals surface area contributed by atoms with E-state index in [9.17, 15) is 23.9 Å². The summed E-state index contributed by atoms with van der Waals surface area (Å²) in [6.07, 6.45) is 2.97. The molecule has 0 bridgehead atoms. The van der Waals surface area contributed by atoms with E-state index in [0.717, 1.165) is 18.9 Å². The Morgan fingerprint density at radius 2 is 2.11 bits per heavy atom. The number of pyridine rings is 1. The van der Waals surface area contributed by atoms with E-state index >= 15 is 0 Å². The van der Waals surface area contributed by atoms with E-state index in [1.54, 1.807) is 9.47 Å². The standard InChI is InChI=1S/C18H18FN3O5/c1-27-17-14-10(6-12(19)15(17)21-5-4-20-13(23)8-21)16(24)11(18(25)26)7-22(14)9-2-3-9/h6-7,9H,2-5,8H2,1H3,(H,20,23)(H,25,26). The Morgan fingerprint density at radius 1 is 1.37 bits per heavy atom. The van der Waals surface area contributed by atoms with Crippen LogP contribution < -0.4 is 20.4 Å². The molecule has 1 aliphatic heterocycles. The van der Waals surface area contributed by atoms with Crippen LogP contribution in [-0.2, 0) is 4.79 Å². The number of carboxylic acids is 1. The number of aromatic carboxylic acids is 1. The Morgan fingerprint density at radius 3 is 2.70 bits per heavy atom. The molecule has 9 heteroatoms. The van der Waals surface area contributed by atoms with E-state index in [4.69, 9.17) is 4.74 Å². The van der Waals surface area contributed by atoms with E-state index in [1.807, 2.05) is 0 Å². The number of ether oxygens (including phenoxy) is 1. The molecule has 1 aromatic carbocycles. The molecule has 0 spiro atoms. The first-order valence-corrected chi connectivity index (χ1v) is 8.62. The van der Waals surface area contributed by atoms with Crippen molar-refractivity contribution in [3.63, 3.8) is 0 Å². The molecule has 1 saturated carbocycles. The number of benzene rings is 1. The number of hydrogen-bond acceptors (Lipinski definition) is 5. The monoisotopic (exact) mass is 375 g/mol. The van der Waals surface area contributed by atoms with Crippen molar-refractivity contribution in [1.82, 2.24) is 9.88 Å². The highest BCUT2D eigenvalue weighted by molar-refractivity contribution is 5.97. The van der Waals surface area contributed by atoms with Crippen molar-refractivity contribution in [3.05, 3.63) is 33.9 Å². The van der Waals surface area contributed by atoms with E-state index in [0.29, 0.717) is 18.6 Å². The number of carboxylic acid groups (broad SMARTS) is 1. The summed E-state index contributed by atoms with van der Waals surface area (Å²) >= 11 is 0. The van der Waals surface area contributed by atoms with Crippen molar-refractivity contribution in [2.75, 3.05) is 31.6 Å². The van der Waals surface area contributed by atoms with Crippen molar-refractivity contribution in [2.45, 2.75) is 18.9 Å². The Balaban J connectivity index is 2.05. The van der Waals surface area contributed by atoms with Crippen molar-refractivity contribution in [1.29, 1.82) is 0 Å². The summed E-state index contributed by atoms with van der Waals surface area (Å²) in [4.78, 5) is 37.4. The fourth-order valence-corrected chi connectivity index (χ4v) is 3.55. The predicted molar refractivity (Wildman–Crippen MR) is 95.2 cm³/mol. The minimum absolute atomic E-state index is 0.0281. The van der Waals surface area contributed by atoms with Gasteiger partial charge in [-0.05, 0) is 18.9 Å². The Bertz CT molecular complexity index is 1030. The summed E-state index contributed by atoms with van der Waals surface area (Å²) in [6, 6.07) is 1.08. The number of rotatable bonds is 4. The molecule has 27 heavy (non-hydrogen) atoms. The van der Waals surface area contributed by atoms with E-state index < -0.39 is 22.8 Å². The molecule has 2 aromatic rings. The molecule has 0 radical (unpaired) electrons. The minimum atomic E-state index is -1.35. The average Bonchev–Trinajstić information content (AvgIpc) is 3.46. The highest BCUT2D eigenvalue weighted by Gasteiger charge is 2.32. The lowest BCUT2D eigenvalue weighted by molar-refractivity contribution is -0.120. The van der Waals surface area contributed by atoms with Gasteiger partial charge in [-0.25, -0.2) is 9.18 Å². The molecule has 0 atom stereocenters. The molecule has 2 heterocycles. The van der Waals surface area contributed by atoms with Gasteiger partial charge in [-0.15, -0.1) is 0 Å². The summed E-state index contributed by atoms with van der Waals surface area (Å²) in [5.41, 5.74) is -0.690. The van der Waals surface area contributed by atoms with Crippen molar-refractivity contribution >= 4 is 28.5 Å². The topological polar surface area (TPSA) is 101 Å². The number of carbonyl (C=O) groups excluding carboxylic acids is 1. The van der Waals surface area contributed by atoms with Crippen LogP contribution in [0.25, 0.3) is 10.9 Å². The van der Waals surface area contributed by atoms with Crippen molar-refractivity contribution < 1.29 is 23.8 Å². The van der Waals surface area contributed by atoms with Crippen LogP contribution in [0.3, 0.4) is 0 Å². The molecule has 8 nitrogen and oxygen atoms in total. The van der Waals surface area contributed by atoms with Crippen LogP contribution in [0, 0.1) is 5.82 Å². The predicted octanol–water partition coefficient (Wildman–Crippen LogP) is 1.12. The van der Waals surface area contributed by atoms with Gasteiger partial charge >= 0.3 is 5.97 Å². The van der Waals surface area contributed by atoms with Gasteiger partial charge in [0.05, 0.1) is 24.6 Å².